The van der Waals surface area contributed by atoms with Crippen molar-refractivity contribution >= 4 is 29.2 Å². The Balaban J connectivity index is 2.06. The van der Waals surface area contributed by atoms with Crippen LogP contribution in [-0.4, -0.2) is 22.6 Å². The number of carbonyl (C=O) groups excluding carboxylic acids is 2. The van der Waals surface area contributed by atoms with Gasteiger partial charge in [0.25, 0.3) is 0 Å². The maximum absolute atomic E-state index is 15.2. The van der Waals surface area contributed by atoms with Crippen molar-refractivity contribution in [2.24, 2.45) is 5.92 Å². The second-order valence-electron chi connectivity index (χ2n) is 7.11. The quantitative estimate of drug-likeness (QED) is 0.668. The minimum absolute atomic E-state index is 0.166. The number of halogens is 2. The predicted molar refractivity (Wildman–Crippen MR) is 109 cm³/mol. The fourth-order valence-corrected chi connectivity index (χ4v) is 3.49. The van der Waals surface area contributed by atoms with Crippen LogP contribution in [0.4, 0.5) is 8.78 Å². The molecule has 1 N–H and O–H groups in total. The van der Waals surface area contributed by atoms with Crippen molar-refractivity contribution in [3.63, 3.8) is 0 Å². The summed E-state index contributed by atoms with van der Waals surface area (Å²) in [7, 11) is 0. The fraction of sp³-hybridized carbons (Fsp3) is 0.208. The van der Waals surface area contributed by atoms with E-state index < -0.39 is 35.1 Å². The van der Waals surface area contributed by atoms with Crippen molar-refractivity contribution in [1.82, 2.24) is 0 Å². The Hall–Kier alpha value is -3.41. The van der Waals surface area contributed by atoms with Gasteiger partial charge in [0, 0.05) is 34.6 Å². The lowest BCUT2D eigenvalue weighted by Gasteiger charge is -2.25. The molecule has 0 atom stereocenters. The van der Waals surface area contributed by atoms with Gasteiger partial charge in [0.05, 0.1) is 6.42 Å². The fourth-order valence-electron chi connectivity index (χ4n) is 3.49. The molecule has 0 amide bonds. The first-order valence-corrected chi connectivity index (χ1v) is 9.55. The molecule has 0 radical (unpaired) electrons. The molecule has 154 valence electrons. The molecular formula is C24H20F2O4. The summed E-state index contributed by atoms with van der Waals surface area (Å²) in [6.07, 6.45) is -1.01. The number of rotatable bonds is 6. The van der Waals surface area contributed by atoms with E-state index in [1.165, 1.54) is 24.3 Å². The van der Waals surface area contributed by atoms with Gasteiger partial charge < -0.3 is 5.11 Å². The summed E-state index contributed by atoms with van der Waals surface area (Å²) in [5.74, 6) is -4.78. The van der Waals surface area contributed by atoms with Crippen molar-refractivity contribution < 1.29 is 28.3 Å². The molecule has 0 heterocycles. The van der Waals surface area contributed by atoms with Gasteiger partial charge in [-0.05, 0) is 12.8 Å². The highest BCUT2D eigenvalue weighted by Crippen LogP contribution is 2.39. The van der Waals surface area contributed by atoms with Crippen LogP contribution in [-0.2, 0) is 14.4 Å². The Morgan fingerprint density at radius 2 is 1.23 bits per heavy atom. The number of carbonyl (C=O) groups is 3. The second-order valence-corrected chi connectivity index (χ2v) is 7.11. The van der Waals surface area contributed by atoms with Crippen molar-refractivity contribution in [3.05, 3.63) is 82.9 Å². The Bertz CT molecular complexity index is 956. The standard InChI is InChI=1S/C24H20F2O4/c25-22(15-7-3-1-4-8-15)18-13-17(20(27)11-12-21(28)29)14-19(24(18)30)23(26)16-9-5-2-6-10-16/h1-10,17H,11-14H2,(H,28,29)/b22-18-,23-19-. The molecule has 1 fully saturated rings. The molecule has 2 aromatic carbocycles. The number of aliphatic carboxylic acids is 1. The molecule has 0 bridgehead atoms. The van der Waals surface area contributed by atoms with E-state index in [1.807, 2.05) is 0 Å². The number of benzene rings is 2. The molecule has 2 aromatic rings. The SMILES string of the molecule is O=C(O)CCC(=O)C1C/C(=C(/F)c2ccccc2)C(=O)/C(=C(\F)c2ccccc2)C1. The molecule has 6 heteroatoms. The van der Waals surface area contributed by atoms with E-state index in [1.54, 1.807) is 36.4 Å². The van der Waals surface area contributed by atoms with Gasteiger partial charge in [0.15, 0.2) is 5.78 Å². The number of hydrogen-bond donors (Lipinski definition) is 1. The molecule has 30 heavy (non-hydrogen) atoms. The zero-order valence-electron chi connectivity index (χ0n) is 16.1. The Morgan fingerprint density at radius 3 is 1.63 bits per heavy atom. The molecule has 1 aliphatic rings. The van der Waals surface area contributed by atoms with Gasteiger partial charge >= 0.3 is 5.97 Å². The monoisotopic (exact) mass is 410 g/mol. The molecule has 4 nitrogen and oxygen atoms in total. The maximum atomic E-state index is 15.2. The third-order valence-electron chi connectivity index (χ3n) is 5.07. The summed E-state index contributed by atoms with van der Waals surface area (Å²) in [4.78, 5) is 36.4. The van der Waals surface area contributed by atoms with E-state index in [0.29, 0.717) is 0 Å². The van der Waals surface area contributed by atoms with Crippen LogP contribution in [0.25, 0.3) is 11.7 Å². The van der Waals surface area contributed by atoms with Gasteiger partial charge in [0.2, 0.25) is 0 Å². The Kier molecular flexibility index (Phi) is 6.67. The summed E-state index contributed by atoms with van der Waals surface area (Å²) < 4.78 is 30.3. The second kappa shape index (κ2) is 9.39. The van der Waals surface area contributed by atoms with Crippen LogP contribution >= 0.6 is 0 Å². The number of hydrogen-bond acceptors (Lipinski definition) is 3. The summed E-state index contributed by atoms with van der Waals surface area (Å²) >= 11 is 0. The molecule has 3 rings (SSSR count). The summed E-state index contributed by atoms with van der Waals surface area (Å²) in [5.41, 5.74) is -0.192. The molecule has 1 aliphatic carbocycles. The normalized spacial score (nSPS) is 19.9. The average molecular weight is 410 g/mol. The van der Waals surface area contributed by atoms with Crippen LogP contribution in [0.1, 0.15) is 36.8 Å². The first-order chi connectivity index (χ1) is 14.4. The highest BCUT2D eigenvalue weighted by molar-refractivity contribution is 6.17. The van der Waals surface area contributed by atoms with E-state index in [9.17, 15) is 14.4 Å². The largest absolute Gasteiger partial charge is 0.481 e. The lowest BCUT2D eigenvalue weighted by molar-refractivity contribution is -0.139. The summed E-state index contributed by atoms with van der Waals surface area (Å²) in [6.45, 7) is 0. The van der Waals surface area contributed by atoms with Gasteiger partial charge in [-0.3, -0.25) is 14.4 Å². The maximum Gasteiger partial charge on any atom is 0.303 e. The van der Waals surface area contributed by atoms with E-state index in [2.05, 4.69) is 0 Å². The Labute approximate surface area is 172 Å². The van der Waals surface area contributed by atoms with Crippen LogP contribution in [0.5, 0.6) is 0 Å². The zero-order valence-corrected chi connectivity index (χ0v) is 16.1. The average Bonchev–Trinajstić information content (AvgIpc) is 2.77. The molecule has 0 saturated heterocycles. The van der Waals surface area contributed by atoms with Crippen molar-refractivity contribution in [3.8, 4) is 0 Å². The molecule has 1 saturated carbocycles. The first-order valence-electron chi connectivity index (χ1n) is 9.55. The van der Waals surface area contributed by atoms with E-state index >= 15 is 8.78 Å². The van der Waals surface area contributed by atoms with Crippen LogP contribution in [0, 0.1) is 5.92 Å². The van der Waals surface area contributed by atoms with E-state index in [4.69, 9.17) is 5.11 Å². The summed E-state index contributed by atoms with van der Waals surface area (Å²) in [6, 6.07) is 15.8. The van der Waals surface area contributed by atoms with Crippen LogP contribution < -0.4 is 0 Å². The zero-order chi connectivity index (χ0) is 21.7. The van der Waals surface area contributed by atoms with Gasteiger partial charge in [-0.2, -0.15) is 0 Å². The molecule has 0 spiro atoms. The number of Topliss-reactive ketones (excluding diaryl/α,β-unsaturated/α-hetero) is 2. The van der Waals surface area contributed by atoms with E-state index in [0.717, 1.165) is 0 Å². The van der Waals surface area contributed by atoms with Crippen molar-refractivity contribution in [2.75, 3.05) is 0 Å². The minimum atomic E-state index is -1.13. The Morgan fingerprint density at radius 1 is 0.800 bits per heavy atom. The number of carboxylic acid groups (broad SMARTS) is 1. The lowest BCUT2D eigenvalue weighted by atomic mass is 9.76. The lowest BCUT2D eigenvalue weighted by Crippen LogP contribution is -2.27. The molecule has 0 aromatic heterocycles. The topological polar surface area (TPSA) is 71.4 Å². The third-order valence-corrected chi connectivity index (χ3v) is 5.07. The van der Waals surface area contributed by atoms with Gasteiger partial charge in [-0.1, -0.05) is 60.7 Å². The van der Waals surface area contributed by atoms with Gasteiger partial charge in [-0.25, -0.2) is 8.78 Å². The highest BCUT2D eigenvalue weighted by Gasteiger charge is 2.36. The van der Waals surface area contributed by atoms with Crippen LogP contribution in [0.15, 0.2) is 71.8 Å². The van der Waals surface area contributed by atoms with E-state index in [-0.39, 0.29) is 48.0 Å². The van der Waals surface area contributed by atoms with Crippen LogP contribution in [0.2, 0.25) is 0 Å². The van der Waals surface area contributed by atoms with Gasteiger partial charge in [0.1, 0.15) is 17.4 Å². The van der Waals surface area contributed by atoms with Crippen LogP contribution in [0.3, 0.4) is 0 Å². The number of carboxylic acids is 1. The first kappa shape index (κ1) is 21.3. The van der Waals surface area contributed by atoms with Crippen molar-refractivity contribution in [2.45, 2.75) is 25.7 Å². The minimum Gasteiger partial charge on any atom is -0.481 e. The van der Waals surface area contributed by atoms with Gasteiger partial charge in [-0.15, -0.1) is 0 Å². The highest BCUT2D eigenvalue weighted by atomic mass is 19.1. The molecule has 0 unspecified atom stereocenters. The smallest absolute Gasteiger partial charge is 0.303 e. The third kappa shape index (κ3) is 4.76. The molecular weight excluding hydrogens is 390 g/mol. The number of allylic oxidation sites excluding steroid dienone is 2. The summed E-state index contributed by atoms with van der Waals surface area (Å²) in [5, 5.41) is 8.84. The predicted octanol–water partition coefficient (Wildman–Crippen LogP) is 5.16. The number of ketones is 2. The molecule has 0 aliphatic heterocycles. The van der Waals surface area contributed by atoms with Crippen molar-refractivity contribution in [1.29, 1.82) is 0 Å².